The zero-order chi connectivity index (χ0) is 11.9. The van der Waals surface area contributed by atoms with Gasteiger partial charge in [0.2, 0.25) is 0 Å². The van der Waals surface area contributed by atoms with Gasteiger partial charge in [-0.1, -0.05) is 67.6 Å². The van der Waals surface area contributed by atoms with Crippen LogP contribution >= 0.6 is 0 Å². The number of hydrogen-bond donors (Lipinski definition) is 0. The molecule has 0 aliphatic rings. The van der Waals surface area contributed by atoms with Crippen molar-refractivity contribution < 1.29 is 0 Å². The molecule has 0 fully saturated rings. The molecule has 1 unspecified atom stereocenters. The van der Waals surface area contributed by atoms with Gasteiger partial charge in [0.05, 0.1) is 0 Å². The van der Waals surface area contributed by atoms with Crippen LogP contribution in [0.25, 0.3) is 0 Å². The SMILES string of the molecule is [CH2]CC(CCc1ccccc1)c1ccccc1. The lowest BCUT2D eigenvalue weighted by Gasteiger charge is -2.15. The molecule has 0 aliphatic heterocycles. The van der Waals surface area contributed by atoms with Gasteiger partial charge in [0.1, 0.15) is 0 Å². The third-order valence-corrected chi connectivity index (χ3v) is 3.24. The highest BCUT2D eigenvalue weighted by Gasteiger charge is 2.08. The Morgan fingerprint density at radius 3 is 2.00 bits per heavy atom. The molecule has 1 radical (unpaired) electrons. The summed E-state index contributed by atoms with van der Waals surface area (Å²) in [6, 6.07) is 21.4. The summed E-state index contributed by atoms with van der Waals surface area (Å²) in [6.45, 7) is 4.07. The molecule has 0 heterocycles. The molecule has 87 valence electrons. The van der Waals surface area contributed by atoms with Crippen LogP contribution in [0, 0.1) is 6.92 Å². The van der Waals surface area contributed by atoms with Gasteiger partial charge in [0.25, 0.3) is 0 Å². The Morgan fingerprint density at radius 1 is 0.824 bits per heavy atom. The van der Waals surface area contributed by atoms with Gasteiger partial charge in [0, 0.05) is 0 Å². The van der Waals surface area contributed by atoms with Gasteiger partial charge in [-0.25, -0.2) is 0 Å². The van der Waals surface area contributed by atoms with E-state index in [1.54, 1.807) is 0 Å². The molecular weight excluding hydrogens is 204 g/mol. The zero-order valence-corrected chi connectivity index (χ0v) is 10.2. The molecule has 17 heavy (non-hydrogen) atoms. The first-order chi connectivity index (χ1) is 8.40. The molecule has 0 aromatic heterocycles. The molecule has 0 bridgehead atoms. The van der Waals surface area contributed by atoms with Gasteiger partial charge >= 0.3 is 0 Å². The molecule has 0 spiro atoms. The maximum atomic E-state index is 4.07. The van der Waals surface area contributed by atoms with Crippen molar-refractivity contribution in [3.8, 4) is 0 Å². The largest absolute Gasteiger partial charge is 0.0622 e. The summed E-state index contributed by atoms with van der Waals surface area (Å²) in [7, 11) is 0. The normalized spacial score (nSPS) is 12.3. The number of rotatable bonds is 5. The zero-order valence-electron chi connectivity index (χ0n) is 10.2. The van der Waals surface area contributed by atoms with Gasteiger partial charge in [0.15, 0.2) is 0 Å². The Morgan fingerprint density at radius 2 is 1.41 bits per heavy atom. The van der Waals surface area contributed by atoms with Crippen LogP contribution in [0.4, 0.5) is 0 Å². The highest BCUT2D eigenvalue weighted by atomic mass is 14.1. The molecular formula is C17H19. The Kier molecular flexibility index (Phi) is 4.37. The number of hydrogen-bond acceptors (Lipinski definition) is 0. The third-order valence-electron chi connectivity index (χ3n) is 3.24. The van der Waals surface area contributed by atoms with Crippen LogP contribution < -0.4 is 0 Å². The Hall–Kier alpha value is -1.56. The molecule has 0 N–H and O–H groups in total. The number of aryl methyl sites for hydroxylation is 1. The smallest absolute Gasteiger partial charge is 0.0159 e. The molecule has 2 aromatic carbocycles. The van der Waals surface area contributed by atoms with Crippen molar-refractivity contribution in [3.05, 3.63) is 78.7 Å². The van der Waals surface area contributed by atoms with E-state index >= 15 is 0 Å². The van der Waals surface area contributed by atoms with E-state index in [0.717, 1.165) is 12.8 Å². The average molecular weight is 223 g/mol. The van der Waals surface area contributed by atoms with Gasteiger partial charge in [-0.3, -0.25) is 0 Å². The molecule has 2 rings (SSSR count). The second-order valence-corrected chi connectivity index (χ2v) is 4.42. The van der Waals surface area contributed by atoms with Crippen molar-refractivity contribution in [3.63, 3.8) is 0 Å². The van der Waals surface area contributed by atoms with Gasteiger partial charge in [-0.05, 0) is 36.3 Å². The van der Waals surface area contributed by atoms with E-state index < -0.39 is 0 Å². The molecule has 1 atom stereocenters. The fourth-order valence-electron chi connectivity index (χ4n) is 2.19. The van der Waals surface area contributed by atoms with Crippen LogP contribution in [0.5, 0.6) is 0 Å². The fourth-order valence-corrected chi connectivity index (χ4v) is 2.19. The van der Waals surface area contributed by atoms with Crippen molar-refractivity contribution in [2.24, 2.45) is 0 Å². The Balaban J connectivity index is 1.97. The minimum Gasteiger partial charge on any atom is -0.0622 e. The van der Waals surface area contributed by atoms with Crippen molar-refractivity contribution >= 4 is 0 Å². The van der Waals surface area contributed by atoms with E-state index in [0.29, 0.717) is 5.92 Å². The highest BCUT2D eigenvalue weighted by Crippen LogP contribution is 2.24. The van der Waals surface area contributed by atoms with E-state index in [2.05, 4.69) is 67.6 Å². The van der Waals surface area contributed by atoms with Crippen LogP contribution in [-0.2, 0) is 6.42 Å². The summed E-state index contributed by atoms with van der Waals surface area (Å²) in [5.41, 5.74) is 2.83. The third kappa shape index (κ3) is 3.45. The maximum absolute atomic E-state index is 4.07. The number of benzene rings is 2. The van der Waals surface area contributed by atoms with E-state index in [4.69, 9.17) is 0 Å². The van der Waals surface area contributed by atoms with E-state index in [-0.39, 0.29) is 0 Å². The first-order valence-corrected chi connectivity index (χ1v) is 6.28. The van der Waals surface area contributed by atoms with Crippen molar-refractivity contribution in [2.45, 2.75) is 25.2 Å². The molecule has 0 nitrogen and oxygen atoms in total. The topological polar surface area (TPSA) is 0 Å². The molecule has 0 heteroatoms. The molecule has 2 aromatic rings. The van der Waals surface area contributed by atoms with Gasteiger partial charge < -0.3 is 0 Å². The van der Waals surface area contributed by atoms with Crippen molar-refractivity contribution in [1.82, 2.24) is 0 Å². The predicted molar refractivity (Wildman–Crippen MR) is 73.9 cm³/mol. The van der Waals surface area contributed by atoms with Crippen molar-refractivity contribution in [1.29, 1.82) is 0 Å². The lowest BCUT2D eigenvalue weighted by molar-refractivity contribution is 0.631. The first kappa shape index (κ1) is 11.9. The summed E-state index contributed by atoms with van der Waals surface area (Å²) in [6.07, 6.45) is 3.28. The highest BCUT2D eigenvalue weighted by molar-refractivity contribution is 5.21. The van der Waals surface area contributed by atoms with E-state index in [1.807, 2.05) is 0 Å². The van der Waals surface area contributed by atoms with Gasteiger partial charge in [-0.15, -0.1) is 0 Å². The van der Waals surface area contributed by atoms with Crippen LogP contribution in [0.2, 0.25) is 0 Å². The predicted octanol–water partition coefficient (Wildman–Crippen LogP) is 4.63. The molecule has 0 saturated carbocycles. The fraction of sp³-hybridized carbons (Fsp3) is 0.235. The second-order valence-electron chi connectivity index (χ2n) is 4.42. The second kappa shape index (κ2) is 6.24. The van der Waals surface area contributed by atoms with E-state index in [9.17, 15) is 0 Å². The van der Waals surface area contributed by atoms with Crippen LogP contribution in [0.1, 0.15) is 29.9 Å². The van der Waals surface area contributed by atoms with Crippen LogP contribution in [0.3, 0.4) is 0 Å². The van der Waals surface area contributed by atoms with Crippen LogP contribution in [0.15, 0.2) is 60.7 Å². The quantitative estimate of drug-likeness (QED) is 0.693. The summed E-state index contributed by atoms with van der Waals surface area (Å²) in [5.74, 6) is 0.580. The summed E-state index contributed by atoms with van der Waals surface area (Å²) in [5, 5.41) is 0. The molecule has 0 saturated heterocycles. The standard InChI is InChI=1S/C17H19/c1-2-16(17-11-7-4-8-12-17)14-13-15-9-5-3-6-10-15/h3-12,16H,1-2,13-14H2. The monoisotopic (exact) mass is 223 g/mol. The molecule has 0 aliphatic carbocycles. The molecule has 0 amide bonds. The minimum absolute atomic E-state index is 0.580. The average Bonchev–Trinajstić information content (AvgIpc) is 2.42. The van der Waals surface area contributed by atoms with E-state index in [1.165, 1.54) is 17.5 Å². The summed E-state index contributed by atoms with van der Waals surface area (Å²) >= 11 is 0. The lowest BCUT2D eigenvalue weighted by Crippen LogP contribution is -1.99. The first-order valence-electron chi connectivity index (χ1n) is 6.28. The minimum atomic E-state index is 0.580. The summed E-state index contributed by atoms with van der Waals surface area (Å²) in [4.78, 5) is 0. The van der Waals surface area contributed by atoms with Gasteiger partial charge in [-0.2, -0.15) is 0 Å². The summed E-state index contributed by atoms with van der Waals surface area (Å²) < 4.78 is 0. The Labute approximate surface area is 104 Å². The van der Waals surface area contributed by atoms with Crippen LogP contribution in [-0.4, -0.2) is 0 Å². The maximum Gasteiger partial charge on any atom is -0.0159 e. The van der Waals surface area contributed by atoms with Crippen molar-refractivity contribution in [2.75, 3.05) is 0 Å². The lowest BCUT2D eigenvalue weighted by atomic mass is 9.90. The Bertz CT molecular complexity index is 416.